The molecule has 1 nitrogen and oxygen atoms in total. The molecule has 112 valence electrons. The van der Waals surface area contributed by atoms with Crippen LogP contribution in [-0.2, 0) is 6.54 Å². The van der Waals surface area contributed by atoms with Gasteiger partial charge in [-0.1, -0.05) is 67.3 Å². The Hall–Kier alpha value is -2.32. The van der Waals surface area contributed by atoms with E-state index in [9.17, 15) is 0 Å². The molecule has 0 bridgehead atoms. The SMILES string of the molecule is C=Cc1ccc(Cn2c3ccccc3c3cccc(Br)c32)cc1. The third-order valence-corrected chi connectivity index (χ3v) is 4.94. The highest BCUT2D eigenvalue weighted by Gasteiger charge is 2.12. The highest BCUT2D eigenvalue weighted by Crippen LogP contribution is 2.34. The van der Waals surface area contributed by atoms with Crippen LogP contribution in [0.4, 0.5) is 0 Å². The van der Waals surface area contributed by atoms with E-state index >= 15 is 0 Å². The second-order valence-corrected chi connectivity index (χ2v) is 6.54. The van der Waals surface area contributed by atoms with Gasteiger partial charge in [0.15, 0.2) is 0 Å². The van der Waals surface area contributed by atoms with Gasteiger partial charge in [-0.15, -0.1) is 0 Å². The first-order valence-electron chi connectivity index (χ1n) is 7.65. The van der Waals surface area contributed by atoms with Crippen molar-refractivity contribution in [3.05, 3.63) is 88.9 Å². The zero-order valence-corrected chi connectivity index (χ0v) is 14.3. The van der Waals surface area contributed by atoms with Gasteiger partial charge in [-0.3, -0.25) is 0 Å². The first kappa shape index (κ1) is 14.3. The Kier molecular flexibility index (Phi) is 3.55. The third kappa shape index (κ3) is 2.40. The van der Waals surface area contributed by atoms with Crippen LogP contribution in [0.2, 0.25) is 0 Å². The highest BCUT2D eigenvalue weighted by atomic mass is 79.9. The van der Waals surface area contributed by atoms with Crippen molar-refractivity contribution in [3.63, 3.8) is 0 Å². The standard InChI is InChI=1S/C21H16BrN/c1-2-15-10-12-16(13-11-15)14-23-20-9-4-3-6-17(20)18-7-5-8-19(22)21(18)23/h2-13H,1,14H2. The summed E-state index contributed by atoms with van der Waals surface area (Å²) in [5.41, 5.74) is 4.95. The maximum absolute atomic E-state index is 3.82. The molecule has 0 saturated heterocycles. The molecule has 0 fully saturated rings. The normalized spacial score (nSPS) is 11.2. The summed E-state index contributed by atoms with van der Waals surface area (Å²) in [5, 5.41) is 2.59. The molecule has 1 heterocycles. The highest BCUT2D eigenvalue weighted by molar-refractivity contribution is 9.10. The number of rotatable bonds is 3. The summed E-state index contributed by atoms with van der Waals surface area (Å²) < 4.78 is 3.52. The van der Waals surface area contributed by atoms with Gasteiger partial charge >= 0.3 is 0 Å². The summed E-state index contributed by atoms with van der Waals surface area (Å²) in [7, 11) is 0. The first-order chi connectivity index (χ1) is 11.3. The summed E-state index contributed by atoms with van der Waals surface area (Å²) in [6.07, 6.45) is 1.88. The number of nitrogens with zero attached hydrogens (tertiary/aromatic N) is 1. The Morgan fingerprint density at radius 1 is 0.870 bits per heavy atom. The number of hydrogen-bond acceptors (Lipinski definition) is 0. The van der Waals surface area contributed by atoms with E-state index in [1.54, 1.807) is 0 Å². The monoisotopic (exact) mass is 361 g/mol. The second kappa shape index (κ2) is 5.71. The Labute approximate surface area is 144 Å². The Balaban J connectivity index is 1.94. The molecular weight excluding hydrogens is 346 g/mol. The largest absolute Gasteiger partial charge is 0.335 e. The minimum Gasteiger partial charge on any atom is -0.335 e. The maximum Gasteiger partial charge on any atom is 0.0638 e. The van der Waals surface area contributed by atoms with E-state index in [0.717, 1.165) is 16.6 Å². The number of hydrogen-bond donors (Lipinski definition) is 0. The molecule has 2 heteroatoms. The van der Waals surface area contributed by atoms with Crippen molar-refractivity contribution < 1.29 is 0 Å². The van der Waals surface area contributed by atoms with Crippen molar-refractivity contribution in [2.24, 2.45) is 0 Å². The van der Waals surface area contributed by atoms with Gasteiger partial charge in [-0.05, 0) is 39.2 Å². The number of aromatic nitrogens is 1. The predicted molar refractivity (Wildman–Crippen MR) is 103 cm³/mol. The van der Waals surface area contributed by atoms with Gasteiger partial charge in [0.2, 0.25) is 0 Å². The van der Waals surface area contributed by atoms with Crippen molar-refractivity contribution >= 4 is 43.8 Å². The molecule has 0 spiro atoms. The summed E-state index contributed by atoms with van der Waals surface area (Å²) in [4.78, 5) is 0. The van der Waals surface area contributed by atoms with Crippen LogP contribution in [0.25, 0.3) is 27.9 Å². The fourth-order valence-corrected chi connectivity index (χ4v) is 3.75. The van der Waals surface area contributed by atoms with Crippen LogP contribution in [0, 0.1) is 0 Å². The molecule has 4 rings (SSSR count). The molecule has 3 aromatic carbocycles. The third-order valence-electron chi connectivity index (χ3n) is 4.30. The average Bonchev–Trinajstić information content (AvgIpc) is 2.91. The second-order valence-electron chi connectivity index (χ2n) is 5.69. The minimum absolute atomic E-state index is 0.851. The van der Waals surface area contributed by atoms with E-state index < -0.39 is 0 Å². The van der Waals surface area contributed by atoms with Gasteiger partial charge < -0.3 is 4.57 Å². The molecule has 0 N–H and O–H groups in total. The molecule has 0 radical (unpaired) electrons. The molecular formula is C21H16BrN. The van der Waals surface area contributed by atoms with Crippen molar-refractivity contribution in [2.75, 3.05) is 0 Å². The van der Waals surface area contributed by atoms with Crippen molar-refractivity contribution in [2.45, 2.75) is 6.54 Å². The smallest absolute Gasteiger partial charge is 0.0638 e. The first-order valence-corrected chi connectivity index (χ1v) is 8.44. The molecule has 0 atom stereocenters. The minimum atomic E-state index is 0.851. The zero-order valence-electron chi connectivity index (χ0n) is 12.7. The predicted octanol–water partition coefficient (Wildman–Crippen LogP) is 6.25. The summed E-state index contributed by atoms with van der Waals surface area (Å²) in [6, 6.07) is 23.6. The van der Waals surface area contributed by atoms with Gasteiger partial charge in [0, 0.05) is 27.3 Å². The number of para-hydroxylation sites is 2. The van der Waals surface area contributed by atoms with Crippen LogP contribution < -0.4 is 0 Å². The number of fused-ring (bicyclic) bond motifs is 3. The van der Waals surface area contributed by atoms with E-state index in [1.165, 1.54) is 27.4 Å². The van der Waals surface area contributed by atoms with Crippen molar-refractivity contribution in [1.29, 1.82) is 0 Å². The Bertz CT molecular complexity index is 1010. The van der Waals surface area contributed by atoms with Gasteiger partial charge in [0.05, 0.1) is 5.52 Å². The zero-order chi connectivity index (χ0) is 15.8. The van der Waals surface area contributed by atoms with Crippen LogP contribution in [0.15, 0.2) is 77.8 Å². The van der Waals surface area contributed by atoms with Crippen LogP contribution in [0.1, 0.15) is 11.1 Å². The topological polar surface area (TPSA) is 4.93 Å². The fourth-order valence-electron chi connectivity index (χ4n) is 3.17. The molecule has 0 aliphatic carbocycles. The lowest BCUT2D eigenvalue weighted by Gasteiger charge is -2.09. The molecule has 0 unspecified atom stereocenters. The van der Waals surface area contributed by atoms with Crippen molar-refractivity contribution in [3.8, 4) is 0 Å². The molecule has 0 amide bonds. The van der Waals surface area contributed by atoms with Crippen molar-refractivity contribution in [1.82, 2.24) is 4.57 Å². The van der Waals surface area contributed by atoms with E-state index in [1.807, 2.05) is 6.08 Å². The molecule has 0 aliphatic heterocycles. The number of benzene rings is 3. The van der Waals surface area contributed by atoms with Gasteiger partial charge in [-0.25, -0.2) is 0 Å². The molecule has 23 heavy (non-hydrogen) atoms. The molecule has 0 saturated carbocycles. The van der Waals surface area contributed by atoms with Gasteiger partial charge in [0.25, 0.3) is 0 Å². The quantitative estimate of drug-likeness (QED) is 0.406. The van der Waals surface area contributed by atoms with E-state index in [4.69, 9.17) is 0 Å². The lowest BCUT2D eigenvalue weighted by molar-refractivity contribution is 0.867. The maximum atomic E-state index is 3.82. The molecule has 4 aromatic rings. The van der Waals surface area contributed by atoms with Crippen LogP contribution >= 0.6 is 15.9 Å². The summed E-state index contributed by atoms with van der Waals surface area (Å²) in [5.74, 6) is 0. The molecule has 0 aliphatic rings. The number of halogens is 1. The summed E-state index contributed by atoms with van der Waals surface area (Å²) in [6.45, 7) is 4.67. The van der Waals surface area contributed by atoms with E-state index in [-0.39, 0.29) is 0 Å². The Morgan fingerprint density at radius 2 is 1.61 bits per heavy atom. The Morgan fingerprint density at radius 3 is 2.39 bits per heavy atom. The van der Waals surface area contributed by atoms with E-state index in [0.29, 0.717) is 0 Å². The van der Waals surface area contributed by atoms with E-state index in [2.05, 4.69) is 93.8 Å². The lowest BCUT2D eigenvalue weighted by Crippen LogP contribution is -1.99. The van der Waals surface area contributed by atoms with Gasteiger partial charge in [0.1, 0.15) is 0 Å². The fraction of sp³-hybridized carbons (Fsp3) is 0.0476. The van der Waals surface area contributed by atoms with Crippen LogP contribution in [-0.4, -0.2) is 4.57 Å². The van der Waals surface area contributed by atoms with Gasteiger partial charge in [-0.2, -0.15) is 0 Å². The average molecular weight is 362 g/mol. The van der Waals surface area contributed by atoms with Crippen LogP contribution in [0.5, 0.6) is 0 Å². The summed E-state index contributed by atoms with van der Waals surface area (Å²) >= 11 is 3.73. The van der Waals surface area contributed by atoms with Crippen LogP contribution in [0.3, 0.4) is 0 Å². The molecule has 1 aromatic heterocycles. The lowest BCUT2D eigenvalue weighted by atomic mass is 10.1.